The Balaban J connectivity index is 2.05. The summed E-state index contributed by atoms with van der Waals surface area (Å²) in [5.74, 6) is 0.520. The van der Waals surface area contributed by atoms with Gasteiger partial charge in [0.1, 0.15) is 0 Å². The van der Waals surface area contributed by atoms with Gasteiger partial charge in [-0.3, -0.25) is 0 Å². The molecule has 84 valence electrons. The zero-order valence-electron chi connectivity index (χ0n) is 9.36. The van der Waals surface area contributed by atoms with Gasteiger partial charge in [0.25, 0.3) is 5.71 Å². The summed E-state index contributed by atoms with van der Waals surface area (Å²) < 4.78 is 5.28. The molecule has 0 saturated carbocycles. The average Bonchev–Trinajstić information content (AvgIpc) is 2.73. The molecule has 3 heterocycles. The number of piperidine rings is 1. The minimum absolute atomic E-state index is 0.520. The van der Waals surface area contributed by atoms with Crippen molar-refractivity contribution in [2.45, 2.75) is 25.7 Å². The number of fused-ring (bicyclic) bond motifs is 1. The molecule has 1 fully saturated rings. The Morgan fingerprint density at radius 2 is 2.19 bits per heavy atom. The molecule has 0 radical (unpaired) electrons. The lowest BCUT2D eigenvalue weighted by atomic mass is 9.93. The van der Waals surface area contributed by atoms with E-state index in [1.54, 1.807) is 0 Å². The van der Waals surface area contributed by atoms with Crippen molar-refractivity contribution in [3.05, 3.63) is 23.5 Å². The quantitative estimate of drug-likeness (QED) is 0.793. The predicted octanol–water partition coefficient (Wildman–Crippen LogP) is 2.00. The number of hydrogen-bond donors (Lipinski definition) is 1. The lowest BCUT2D eigenvalue weighted by molar-refractivity contribution is 0.401. The van der Waals surface area contributed by atoms with Gasteiger partial charge in [-0.1, -0.05) is 5.16 Å². The van der Waals surface area contributed by atoms with E-state index in [1.165, 1.54) is 0 Å². The molecule has 0 atom stereocenters. The van der Waals surface area contributed by atoms with E-state index in [-0.39, 0.29) is 0 Å². The maximum absolute atomic E-state index is 5.28. The molecule has 16 heavy (non-hydrogen) atoms. The molecule has 4 heteroatoms. The van der Waals surface area contributed by atoms with Crippen LogP contribution in [-0.4, -0.2) is 23.2 Å². The number of pyridine rings is 1. The first-order chi connectivity index (χ1) is 7.84. The molecule has 1 saturated heterocycles. The summed E-state index contributed by atoms with van der Waals surface area (Å²) in [5, 5.41) is 8.65. The average molecular weight is 217 g/mol. The van der Waals surface area contributed by atoms with Crippen molar-refractivity contribution in [3.63, 3.8) is 0 Å². The Morgan fingerprint density at radius 3 is 3.00 bits per heavy atom. The summed E-state index contributed by atoms with van der Waals surface area (Å²) in [7, 11) is 0. The van der Waals surface area contributed by atoms with Gasteiger partial charge in [-0.25, -0.2) is 4.98 Å². The highest BCUT2D eigenvalue weighted by Gasteiger charge is 2.21. The van der Waals surface area contributed by atoms with Gasteiger partial charge in [-0.15, -0.1) is 0 Å². The monoisotopic (exact) mass is 217 g/mol. The van der Waals surface area contributed by atoms with Gasteiger partial charge in [0.05, 0.1) is 11.1 Å². The number of hydrogen-bond acceptors (Lipinski definition) is 4. The van der Waals surface area contributed by atoms with Crippen molar-refractivity contribution < 1.29 is 4.52 Å². The fourth-order valence-corrected chi connectivity index (χ4v) is 2.34. The van der Waals surface area contributed by atoms with E-state index >= 15 is 0 Å². The molecule has 0 amide bonds. The molecule has 3 rings (SSSR count). The van der Waals surface area contributed by atoms with E-state index in [0.29, 0.717) is 11.6 Å². The van der Waals surface area contributed by atoms with E-state index in [1.807, 2.05) is 13.1 Å². The summed E-state index contributed by atoms with van der Waals surface area (Å²) >= 11 is 0. The molecule has 2 aromatic heterocycles. The molecule has 4 nitrogen and oxygen atoms in total. The Labute approximate surface area is 94.0 Å². The minimum Gasteiger partial charge on any atom is -0.336 e. The second-order valence-corrected chi connectivity index (χ2v) is 4.46. The maximum atomic E-state index is 5.28. The molecule has 0 spiro atoms. The first-order valence-corrected chi connectivity index (χ1v) is 5.77. The molecule has 2 aromatic rings. The van der Waals surface area contributed by atoms with Crippen LogP contribution in [0.5, 0.6) is 0 Å². The van der Waals surface area contributed by atoms with Gasteiger partial charge in [-0.05, 0) is 44.5 Å². The van der Waals surface area contributed by atoms with Gasteiger partial charge >= 0.3 is 0 Å². The predicted molar refractivity (Wildman–Crippen MR) is 61.4 cm³/mol. The molecule has 0 aliphatic carbocycles. The summed E-state index contributed by atoms with van der Waals surface area (Å²) in [6.45, 7) is 4.18. The summed E-state index contributed by atoms with van der Waals surface area (Å²) in [6, 6.07) is 2.12. The van der Waals surface area contributed by atoms with Crippen molar-refractivity contribution >= 4 is 11.1 Å². The third-order valence-corrected chi connectivity index (χ3v) is 3.22. The summed E-state index contributed by atoms with van der Waals surface area (Å²) in [5.41, 5.74) is 2.91. The van der Waals surface area contributed by atoms with Crippen LogP contribution in [0.3, 0.4) is 0 Å². The van der Waals surface area contributed by atoms with Crippen LogP contribution < -0.4 is 5.32 Å². The van der Waals surface area contributed by atoms with Gasteiger partial charge in [-0.2, -0.15) is 0 Å². The fraction of sp³-hybridized carbons (Fsp3) is 0.500. The molecule has 1 aliphatic heterocycles. The molecule has 0 unspecified atom stereocenters. The van der Waals surface area contributed by atoms with Gasteiger partial charge in [0.15, 0.2) is 0 Å². The zero-order valence-corrected chi connectivity index (χ0v) is 9.36. The largest absolute Gasteiger partial charge is 0.336 e. The van der Waals surface area contributed by atoms with E-state index in [0.717, 1.165) is 42.6 Å². The van der Waals surface area contributed by atoms with Crippen LogP contribution in [0.25, 0.3) is 11.1 Å². The molecule has 0 bridgehead atoms. The highest BCUT2D eigenvalue weighted by molar-refractivity contribution is 5.76. The highest BCUT2D eigenvalue weighted by atomic mass is 16.5. The van der Waals surface area contributed by atoms with Crippen molar-refractivity contribution in [2.75, 3.05) is 13.1 Å². The van der Waals surface area contributed by atoms with Crippen molar-refractivity contribution in [1.29, 1.82) is 0 Å². The Morgan fingerprint density at radius 1 is 1.38 bits per heavy atom. The van der Waals surface area contributed by atoms with E-state index in [2.05, 4.69) is 21.5 Å². The summed E-state index contributed by atoms with van der Waals surface area (Å²) in [4.78, 5) is 4.25. The molecule has 1 aliphatic rings. The minimum atomic E-state index is 0.520. The van der Waals surface area contributed by atoms with Crippen LogP contribution in [0.1, 0.15) is 30.0 Å². The standard InChI is InChI=1S/C12H15N3O/c1-8-6-10-11(9-2-4-13-5-3-9)15-16-12(10)14-7-8/h6-7,9,13H,2-5H2,1H3. The highest BCUT2D eigenvalue weighted by Crippen LogP contribution is 2.30. The van der Waals surface area contributed by atoms with Crippen LogP contribution in [0.2, 0.25) is 0 Å². The molecular formula is C12H15N3O. The Kier molecular flexibility index (Phi) is 2.36. The van der Waals surface area contributed by atoms with Gasteiger partial charge < -0.3 is 9.84 Å². The van der Waals surface area contributed by atoms with Gasteiger partial charge in [0, 0.05) is 12.1 Å². The van der Waals surface area contributed by atoms with Crippen LogP contribution in [0, 0.1) is 6.92 Å². The van der Waals surface area contributed by atoms with Crippen molar-refractivity contribution in [2.24, 2.45) is 0 Å². The maximum Gasteiger partial charge on any atom is 0.257 e. The third kappa shape index (κ3) is 1.59. The Hall–Kier alpha value is -1.42. The second-order valence-electron chi connectivity index (χ2n) is 4.46. The van der Waals surface area contributed by atoms with E-state index < -0.39 is 0 Å². The summed E-state index contributed by atoms with van der Waals surface area (Å²) in [6.07, 6.45) is 4.09. The lowest BCUT2D eigenvalue weighted by Crippen LogP contribution is -2.26. The Bertz CT molecular complexity index is 500. The van der Waals surface area contributed by atoms with Crippen LogP contribution in [0.4, 0.5) is 0 Å². The van der Waals surface area contributed by atoms with Crippen molar-refractivity contribution in [3.8, 4) is 0 Å². The first-order valence-electron chi connectivity index (χ1n) is 5.77. The lowest BCUT2D eigenvalue weighted by Gasteiger charge is -2.20. The van der Waals surface area contributed by atoms with E-state index in [4.69, 9.17) is 4.52 Å². The number of nitrogens with one attached hydrogen (secondary N) is 1. The SMILES string of the molecule is Cc1cnc2onc(C3CCNCC3)c2c1. The van der Waals surface area contributed by atoms with Gasteiger partial charge in [0.2, 0.25) is 0 Å². The molecule has 0 aromatic carbocycles. The molecule has 1 N–H and O–H groups in total. The fourth-order valence-electron chi connectivity index (χ4n) is 2.34. The smallest absolute Gasteiger partial charge is 0.257 e. The third-order valence-electron chi connectivity index (χ3n) is 3.22. The second kappa shape index (κ2) is 3.87. The number of aromatic nitrogens is 2. The van der Waals surface area contributed by atoms with Crippen LogP contribution in [0.15, 0.2) is 16.8 Å². The normalized spacial score (nSPS) is 18.1. The zero-order chi connectivity index (χ0) is 11.0. The van der Waals surface area contributed by atoms with E-state index in [9.17, 15) is 0 Å². The van der Waals surface area contributed by atoms with Crippen molar-refractivity contribution in [1.82, 2.24) is 15.5 Å². The molecular weight excluding hydrogens is 202 g/mol. The van der Waals surface area contributed by atoms with Crippen LogP contribution in [-0.2, 0) is 0 Å². The number of rotatable bonds is 1. The topological polar surface area (TPSA) is 51.0 Å². The number of nitrogens with zero attached hydrogens (tertiary/aromatic N) is 2. The van der Waals surface area contributed by atoms with Crippen LogP contribution >= 0.6 is 0 Å². The first kappa shape index (κ1) is 9.78. The number of aryl methyl sites for hydroxylation is 1.